The largest absolute Gasteiger partial charge is 0.472 e. The highest BCUT2D eigenvalue weighted by atomic mass is 31.2. The van der Waals surface area contributed by atoms with Crippen LogP contribution in [0.4, 0.5) is 0 Å². The van der Waals surface area contributed by atoms with E-state index < -0.39 is 20.0 Å². The van der Waals surface area contributed by atoms with E-state index in [1.54, 1.807) is 6.08 Å². The van der Waals surface area contributed by atoms with Crippen molar-refractivity contribution in [3.63, 3.8) is 0 Å². The van der Waals surface area contributed by atoms with Crippen LogP contribution in [-0.2, 0) is 18.4 Å². The molecule has 336 valence electrons. The molecule has 0 bridgehead atoms. The van der Waals surface area contributed by atoms with Crippen LogP contribution in [0.1, 0.15) is 213 Å². The second kappa shape index (κ2) is 40.1. The number of unbranched alkanes of at least 4 members (excludes halogenated alkanes) is 26. The summed E-state index contributed by atoms with van der Waals surface area (Å²) >= 11 is 0. The average Bonchev–Trinajstić information content (AvgIpc) is 3.16. The maximum atomic E-state index is 12.9. The first-order valence-corrected chi connectivity index (χ1v) is 25.4. The number of nitrogens with zero attached hydrogens (tertiary/aromatic N) is 1. The minimum Gasteiger partial charge on any atom is -0.387 e. The number of carbonyl (C=O) groups excluding carboxylic acids is 1. The third-order valence-electron chi connectivity index (χ3n) is 10.6. The van der Waals surface area contributed by atoms with Crippen molar-refractivity contribution in [2.24, 2.45) is 0 Å². The standard InChI is InChI=1S/C48H93N2O6P/c1-6-8-10-12-14-16-18-20-22-23-24-25-26-27-28-30-32-34-36-38-40-42-48(52)49-46(45-56-57(53,54)55-44-43-50(3,4)5)47(51)41-39-37-35-33-31-29-21-19-17-15-13-11-9-7-2/h25-26,31,33,39,41,46-47,51H,6-24,27-30,32,34-38,40,42-45H2,1-5H3,(H-,49,52,53,54)/p+1/b26-25-,33-31+,41-39+. The summed E-state index contributed by atoms with van der Waals surface area (Å²) in [6.45, 7) is 4.79. The van der Waals surface area contributed by atoms with Crippen molar-refractivity contribution >= 4 is 13.7 Å². The lowest BCUT2D eigenvalue weighted by Crippen LogP contribution is -2.45. The maximum Gasteiger partial charge on any atom is 0.472 e. The SMILES string of the molecule is CCCCCCCCCC/C=C/CC/C=C/C(O)C(COP(=O)(O)OCC[N+](C)(C)C)NC(=O)CCCCCCCCC/C=C\CCCCCCCCCCCC. The Morgan fingerprint density at radius 1 is 0.579 bits per heavy atom. The van der Waals surface area contributed by atoms with Gasteiger partial charge in [0, 0.05) is 6.42 Å². The van der Waals surface area contributed by atoms with Crippen molar-refractivity contribution < 1.29 is 32.9 Å². The van der Waals surface area contributed by atoms with Gasteiger partial charge in [0.25, 0.3) is 0 Å². The number of nitrogens with one attached hydrogen (secondary N) is 1. The van der Waals surface area contributed by atoms with Crippen LogP contribution >= 0.6 is 7.82 Å². The Labute approximate surface area is 353 Å². The number of phosphoric acid groups is 1. The average molecular weight is 826 g/mol. The fourth-order valence-corrected chi connectivity index (χ4v) is 7.49. The zero-order chi connectivity index (χ0) is 42.1. The van der Waals surface area contributed by atoms with Gasteiger partial charge in [0.2, 0.25) is 5.91 Å². The molecule has 0 aromatic heterocycles. The molecule has 3 atom stereocenters. The van der Waals surface area contributed by atoms with E-state index in [2.05, 4.69) is 43.5 Å². The van der Waals surface area contributed by atoms with Gasteiger partial charge in [-0.2, -0.15) is 0 Å². The van der Waals surface area contributed by atoms with E-state index in [0.717, 1.165) is 38.5 Å². The molecule has 0 spiro atoms. The Morgan fingerprint density at radius 2 is 0.965 bits per heavy atom. The molecule has 57 heavy (non-hydrogen) atoms. The lowest BCUT2D eigenvalue weighted by atomic mass is 10.1. The third kappa shape index (κ3) is 42.6. The molecule has 0 aliphatic rings. The first-order chi connectivity index (χ1) is 27.5. The molecule has 3 N–H and O–H groups in total. The van der Waals surface area contributed by atoms with Gasteiger partial charge in [-0.3, -0.25) is 13.8 Å². The van der Waals surface area contributed by atoms with E-state index in [4.69, 9.17) is 9.05 Å². The number of hydrogen-bond donors (Lipinski definition) is 3. The molecule has 9 heteroatoms. The Kier molecular flexibility index (Phi) is 39.2. The molecular weight excluding hydrogens is 732 g/mol. The molecule has 0 radical (unpaired) electrons. The lowest BCUT2D eigenvalue weighted by molar-refractivity contribution is -0.870. The number of quaternary nitrogens is 1. The summed E-state index contributed by atoms with van der Waals surface area (Å²) in [6.07, 6.45) is 49.3. The Bertz CT molecular complexity index is 1030. The normalized spacial score (nSPS) is 14.6. The van der Waals surface area contributed by atoms with Crippen LogP contribution in [0.15, 0.2) is 36.5 Å². The monoisotopic (exact) mass is 826 g/mol. The maximum absolute atomic E-state index is 12.9. The van der Waals surface area contributed by atoms with Crippen LogP contribution < -0.4 is 5.32 Å². The summed E-state index contributed by atoms with van der Waals surface area (Å²) in [5.41, 5.74) is 0. The van der Waals surface area contributed by atoms with E-state index >= 15 is 0 Å². The van der Waals surface area contributed by atoms with Crippen LogP contribution in [-0.4, -0.2) is 73.4 Å². The van der Waals surface area contributed by atoms with E-state index in [9.17, 15) is 19.4 Å². The number of phosphoric ester groups is 1. The number of aliphatic hydroxyl groups excluding tert-OH is 1. The molecule has 0 aromatic rings. The van der Waals surface area contributed by atoms with E-state index in [-0.39, 0.29) is 19.1 Å². The number of allylic oxidation sites excluding steroid dienone is 5. The van der Waals surface area contributed by atoms with Gasteiger partial charge in [-0.15, -0.1) is 0 Å². The number of amides is 1. The molecule has 0 saturated heterocycles. The van der Waals surface area contributed by atoms with Crippen molar-refractivity contribution in [3.8, 4) is 0 Å². The predicted octanol–water partition coefficient (Wildman–Crippen LogP) is 13.5. The first-order valence-electron chi connectivity index (χ1n) is 23.9. The molecule has 0 rings (SSSR count). The van der Waals surface area contributed by atoms with Gasteiger partial charge in [-0.1, -0.05) is 185 Å². The number of carbonyl (C=O) groups is 1. The van der Waals surface area contributed by atoms with Crippen molar-refractivity contribution in [1.29, 1.82) is 0 Å². The summed E-state index contributed by atoms with van der Waals surface area (Å²) in [7, 11) is 1.55. The van der Waals surface area contributed by atoms with Gasteiger partial charge < -0.3 is 19.8 Å². The highest BCUT2D eigenvalue weighted by Gasteiger charge is 2.27. The number of hydrogen-bond acceptors (Lipinski definition) is 5. The van der Waals surface area contributed by atoms with Crippen LogP contribution in [0, 0.1) is 0 Å². The summed E-state index contributed by atoms with van der Waals surface area (Å²) in [6, 6.07) is -0.863. The van der Waals surface area contributed by atoms with Crippen molar-refractivity contribution in [1.82, 2.24) is 5.32 Å². The summed E-state index contributed by atoms with van der Waals surface area (Å²) < 4.78 is 23.6. The van der Waals surface area contributed by atoms with Crippen molar-refractivity contribution in [3.05, 3.63) is 36.5 Å². The van der Waals surface area contributed by atoms with E-state index in [1.165, 1.54) is 154 Å². The molecule has 3 unspecified atom stereocenters. The zero-order valence-electron chi connectivity index (χ0n) is 38.1. The molecule has 0 aliphatic carbocycles. The summed E-state index contributed by atoms with van der Waals surface area (Å²) in [4.78, 5) is 23.1. The molecular formula is C48H94N2O6P+. The number of aliphatic hydroxyl groups is 1. The topological polar surface area (TPSA) is 105 Å². The Balaban J connectivity index is 4.36. The first kappa shape index (κ1) is 55.7. The molecule has 0 aromatic carbocycles. The third-order valence-corrected chi connectivity index (χ3v) is 11.6. The zero-order valence-corrected chi connectivity index (χ0v) is 39.0. The predicted molar refractivity (Wildman–Crippen MR) is 244 cm³/mol. The van der Waals surface area contributed by atoms with E-state index in [1.807, 2.05) is 27.2 Å². The second-order valence-corrected chi connectivity index (χ2v) is 18.9. The van der Waals surface area contributed by atoms with E-state index in [0.29, 0.717) is 17.4 Å². The van der Waals surface area contributed by atoms with Gasteiger partial charge in [0.15, 0.2) is 0 Å². The minimum atomic E-state index is -4.35. The van der Waals surface area contributed by atoms with Gasteiger partial charge >= 0.3 is 7.82 Å². The Hall–Kier alpha value is -1.28. The molecule has 1 amide bonds. The Morgan fingerprint density at radius 3 is 1.40 bits per heavy atom. The molecule has 0 saturated carbocycles. The van der Waals surface area contributed by atoms with Crippen LogP contribution in [0.2, 0.25) is 0 Å². The molecule has 0 heterocycles. The number of likely N-dealkylation sites (N-methyl/N-ethyl adjacent to an activating group) is 1. The molecule has 0 fully saturated rings. The van der Waals surface area contributed by atoms with Crippen molar-refractivity contribution in [2.75, 3.05) is 40.9 Å². The molecule has 8 nitrogen and oxygen atoms in total. The highest BCUT2D eigenvalue weighted by Crippen LogP contribution is 2.43. The van der Waals surface area contributed by atoms with Gasteiger partial charge in [0.1, 0.15) is 13.2 Å². The number of rotatable bonds is 43. The highest BCUT2D eigenvalue weighted by molar-refractivity contribution is 7.47. The second-order valence-electron chi connectivity index (χ2n) is 17.5. The van der Waals surface area contributed by atoms with Gasteiger partial charge in [-0.25, -0.2) is 4.57 Å². The summed E-state index contributed by atoms with van der Waals surface area (Å²) in [5, 5.41) is 13.8. The van der Waals surface area contributed by atoms with Crippen LogP contribution in [0.3, 0.4) is 0 Å². The summed E-state index contributed by atoms with van der Waals surface area (Å²) in [5.74, 6) is -0.191. The fraction of sp³-hybridized carbons (Fsp3) is 0.854. The quantitative estimate of drug-likeness (QED) is 0.0245. The van der Waals surface area contributed by atoms with Gasteiger partial charge in [-0.05, 0) is 57.8 Å². The van der Waals surface area contributed by atoms with Gasteiger partial charge in [0.05, 0.1) is 39.9 Å². The van der Waals surface area contributed by atoms with Crippen LogP contribution in [0.25, 0.3) is 0 Å². The molecule has 0 aliphatic heterocycles. The fourth-order valence-electron chi connectivity index (χ4n) is 6.76. The van der Waals surface area contributed by atoms with Crippen molar-refractivity contribution in [2.45, 2.75) is 225 Å². The van der Waals surface area contributed by atoms with Crippen LogP contribution in [0.5, 0.6) is 0 Å². The lowest BCUT2D eigenvalue weighted by Gasteiger charge is -2.25. The smallest absolute Gasteiger partial charge is 0.387 e. The minimum absolute atomic E-state index is 0.0554.